The quantitative estimate of drug-likeness (QED) is 0.214. The zero-order valence-electron chi connectivity index (χ0n) is 20.2. The van der Waals surface area contributed by atoms with Gasteiger partial charge in [0.1, 0.15) is 40.0 Å². The summed E-state index contributed by atoms with van der Waals surface area (Å²) in [6, 6.07) is 6.30. The number of fused-ring (bicyclic) bond motifs is 1. The van der Waals surface area contributed by atoms with Gasteiger partial charge in [0.15, 0.2) is 0 Å². The van der Waals surface area contributed by atoms with E-state index >= 15 is 0 Å². The fourth-order valence-electron chi connectivity index (χ4n) is 4.41. The van der Waals surface area contributed by atoms with Crippen LogP contribution in [0.25, 0.3) is 22.2 Å². The molecule has 2 N–H and O–H groups in total. The van der Waals surface area contributed by atoms with E-state index in [4.69, 9.17) is 16.3 Å². The van der Waals surface area contributed by atoms with Gasteiger partial charge < -0.3 is 15.2 Å². The average Bonchev–Trinajstić information content (AvgIpc) is 3.68. The number of halogens is 6. The monoisotopic (exact) mass is 566 g/mol. The third-order valence-corrected chi connectivity index (χ3v) is 6.89. The van der Waals surface area contributed by atoms with Crippen LogP contribution in [0.3, 0.4) is 0 Å². The van der Waals surface area contributed by atoms with Gasteiger partial charge in [0, 0.05) is 28.8 Å². The molecule has 2 heterocycles. The lowest BCUT2D eigenvalue weighted by Crippen LogP contribution is -2.43. The molecule has 1 fully saturated rings. The number of benzene rings is 2. The molecule has 1 aliphatic carbocycles. The molecule has 1 aliphatic rings. The number of amides is 1. The van der Waals surface area contributed by atoms with Crippen LogP contribution in [0, 0.1) is 23.4 Å². The number of aromatic nitrogens is 3. The van der Waals surface area contributed by atoms with Crippen LogP contribution in [0.5, 0.6) is 5.75 Å². The van der Waals surface area contributed by atoms with Gasteiger partial charge in [-0.2, -0.15) is 13.9 Å². The van der Waals surface area contributed by atoms with E-state index in [2.05, 4.69) is 15.4 Å². The van der Waals surface area contributed by atoms with Crippen LogP contribution in [0.2, 0.25) is 5.02 Å². The van der Waals surface area contributed by atoms with E-state index < -0.39 is 51.8 Å². The molecular weight excluding hydrogens is 547 g/mol. The molecule has 1 atom stereocenters. The Labute approximate surface area is 223 Å². The zero-order chi connectivity index (χ0) is 28.1. The standard InChI is InChI=1S/C26H20ClF5N4O3/c1-39-20-7-12(6-13-10-36(25(31)32)35-22(13)20)24(37)33-11-26(38,14-2-3-14)21-5-4-17(28)23(34-21)15-8-16(27)19(30)9-18(15)29/h4-10,14,25,38H,2-3,11H2,1H3,(H,33,37)/t26-/m1/s1. The summed E-state index contributed by atoms with van der Waals surface area (Å²) >= 11 is 5.76. The molecule has 13 heteroatoms. The molecule has 4 aromatic rings. The Hall–Kier alpha value is -3.77. The SMILES string of the molecule is COc1cc(C(=O)NC[C@](O)(c2ccc(F)c(-c3cc(Cl)c(F)cc3F)n2)C2CC2)cc2cn(C(F)F)nc12. The van der Waals surface area contributed by atoms with Crippen LogP contribution in [0.15, 0.2) is 42.6 Å². The van der Waals surface area contributed by atoms with Gasteiger partial charge in [-0.25, -0.2) is 22.8 Å². The van der Waals surface area contributed by atoms with E-state index in [0.29, 0.717) is 23.6 Å². The second-order valence-electron chi connectivity index (χ2n) is 9.16. The van der Waals surface area contributed by atoms with Gasteiger partial charge in [0.25, 0.3) is 5.91 Å². The predicted molar refractivity (Wildman–Crippen MR) is 131 cm³/mol. The molecule has 0 unspecified atom stereocenters. The summed E-state index contributed by atoms with van der Waals surface area (Å²) in [6.07, 6.45) is 2.25. The smallest absolute Gasteiger partial charge is 0.333 e. The summed E-state index contributed by atoms with van der Waals surface area (Å²) in [4.78, 5) is 17.2. The van der Waals surface area contributed by atoms with Crippen molar-refractivity contribution >= 4 is 28.4 Å². The Bertz CT molecular complexity index is 1590. The largest absolute Gasteiger partial charge is 0.494 e. The summed E-state index contributed by atoms with van der Waals surface area (Å²) in [5.41, 5.74) is -2.47. The number of methoxy groups -OCH3 is 1. The highest BCUT2D eigenvalue weighted by Gasteiger charge is 2.46. The number of ether oxygens (including phenoxy) is 1. The zero-order valence-corrected chi connectivity index (χ0v) is 20.9. The molecule has 204 valence electrons. The minimum Gasteiger partial charge on any atom is -0.494 e. The van der Waals surface area contributed by atoms with Gasteiger partial charge in [-0.3, -0.25) is 4.79 Å². The van der Waals surface area contributed by atoms with E-state index in [1.165, 1.54) is 25.3 Å². The molecule has 0 bridgehead atoms. The topological polar surface area (TPSA) is 89.3 Å². The molecule has 1 amide bonds. The minimum absolute atomic E-state index is 0.0345. The van der Waals surface area contributed by atoms with Crippen molar-refractivity contribution in [2.75, 3.05) is 13.7 Å². The Morgan fingerprint density at radius 2 is 1.92 bits per heavy atom. The van der Waals surface area contributed by atoms with Crippen molar-refractivity contribution in [1.29, 1.82) is 0 Å². The van der Waals surface area contributed by atoms with Crippen LogP contribution in [-0.4, -0.2) is 39.4 Å². The number of hydrogen-bond donors (Lipinski definition) is 2. The van der Waals surface area contributed by atoms with E-state index in [1.807, 2.05) is 0 Å². The maximum absolute atomic E-state index is 14.7. The van der Waals surface area contributed by atoms with Crippen molar-refractivity contribution in [3.63, 3.8) is 0 Å². The average molecular weight is 567 g/mol. The number of hydrogen-bond acceptors (Lipinski definition) is 5. The summed E-state index contributed by atoms with van der Waals surface area (Å²) in [5, 5.41) is 17.8. The van der Waals surface area contributed by atoms with Crippen molar-refractivity contribution in [3.8, 4) is 17.0 Å². The molecular formula is C26H20ClF5N4O3. The number of carbonyl (C=O) groups excluding carboxylic acids is 1. The Morgan fingerprint density at radius 1 is 1.18 bits per heavy atom. The number of rotatable bonds is 8. The molecule has 0 saturated heterocycles. The first-order chi connectivity index (χ1) is 18.5. The van der Waals surface area contributed by atoms with Gasteiger partial charge in [0.05, 0.1) is 24.4 Å². The number of aliphatic hydroxyl groups is 1. The normalized spacial score (nSPS) is 15.0. The van der Waals surface area contributed by atoms with Gasteiger partial charge in [-0.05, 0) is 49.1 Å². The van der Waals surface area contributed by atoms with E-state index in [9.17, 15) is 31.9 Å². The number of nitrogens with one attached hydrogen (secondary N) is 1. The van der Waals surface area contributed by atoms with Gasteiger partial charge in [-0.1, -0.05) is 11.6 Å². The molecule has 2 aromatic heterocycles. The molecule has 2 aromatic carbocycles. The second kappa shape index (κ2) is 10.1. The Morgan fingerprint density at radius 3 is 2.59 bits per heavy atom. The highest BCUT2D eigenvalue weighted by molar-refractivity contribution is 6.31. The molecule has 7 nitrogen and oxygen atoms in total. The molecule has 0 aliphatic heterocycles. The third-order valence-electron chi connectivity index (χ3n) is 6.60. The van der Waals surface area contributed by atoms with Crippen LogP contribution in [-0.2, 0) is 5.60 Å². The van der Waals surface area contributed by atoms with Gasteiger partial charge in [0.2, 0.25) is 0 Å². The molecule has 0 radical (unpaired) electrons. The fourth-order valence-corrected chi connectivity index (χ4v) is 4.57. The number of nitrogens with zero attached hydrogens (tertiary/aromatic N) is 3. The lowest BCUT2D eigenvalue weighted by Gasteiger charge is -2.28. The Kier molecular flexibility index (Phi) is 6.93. The van der Waals surface area contributed by atoms with Gasteiger partial charge >= 0.3 is 6.55 Å². The molecule has 0 spiro atoms. The van der Waals surface area contributed by atoms with Crippen molar-refractivity contribution in [2.45, 2.75) is 25.0 Å². The molecule has 39 heavy (non-hydrogen) atoms. The predicted octanol–water partition coefficient (Wildman–Crippen LogP) is 5.60. The lowest BCUT2D eigenvalue weighted by molar-refractivity contribution is 0.00949. The number of alkyl halides is 2. The highest BCUT2D eigenvalue weighted by Crippen LogP contribution is 2.45. The first kappa shape index (κ1) is 26.8. The molecule has 5 rings (SSSR count). The van der Waals surface area contributed by atoms with Crippen molar-refractivity contribution in [3.05, 3.63) is 76.3 Å². The van der Waals surface area contributed by atoms with E-state index in [0.717, 1.165) is 18.3 Å². The second-order valence-corrected chi connectivity index (χ2v) is 9.56. The first-order valence-corrected chi connectivity index (χ1v) is 12.1. The maximum atomic E-state index is 14.7. The fraction of sp³-hybridized carbons (Fsp3) is 0.269. The van der Waals surface area contributed by atoms with Crippen LogP contribution in [0.1, 0.15) is 35.4 Å². The summed E-state index contributed by atoms with van der Waals surface area (Å²) in [7, 11) is 1.30. The van der Waals surface area contributed by atoms with Crippen LogP contribution < -0.4 is 10.1 Å². The molecule has 1 saturated carbocycles. The van der Waals surface area contributed by atoms with Crippen LogP contribution >= 0.6 is 11.6 Å². The lowest BCUT2D eigenvalue weighted by atomic mass is 9.92. The highest BCUT2D eigenvalue weighted by atomic mass is 35.5. The van der Waals surface area contributed by atoms with Gasteiger partial charge in [-0.15, -0.1) is 0 Å². The maximum Gasteiger partial charge on any atom is 0.333 e. The number of pyridine rings is 1. The van der Waals surface area contributed by atoms with E-state index in [1.54, 1.807) is 0 Å². The number of carbonyl (C=O) groups is 1. The Balaban J connectivity index is 1.45. The van der Waals surface area contributed by atoms with Crippen molar-refractivity contribution in [2.24, 2.45) is 5.92 Å². The summed E-state index contributed by atoms with van der Waals surface area (Å²) in [5.74, 6) is -3.94. The minimum atomic E-state index is -2.89. The van der Waals surface area contributed by atoms with Crippen molar-refractivity contribution in [1.82, 2.24) is 20.1 Å². The van der Waals surface area contributed by atoms with E-state index in [-0.39, 0.29) is 40.4 Å². The summed E-state index contributed by atoms with van der Waals surface area (Å²) < 4.78 is 74.6. The summed E-state index contributed by atoms with van der Waals surface area (Å²) in [6.45, 7) is -3.24. The third kappa shape index (κ3) is 5.01. The first-order valence-electron chi connectivity index (χ1n) is 11.7. The van der Waals surface area contributed by atoms with Crippen LogP contribution in [0.4, 0.5) is 22.0 Å². The van der Waals surface area contributed by atoms with Crippen molar-refractivity contribution < 1.29 is 36.6 Å².